The summed E-state index contributed by atoms with van der Waals surface area (Å²) in [5.41, 5.74) is 7.85. The molecule has 0 aliphatic heterocycles. The molecule has 4 heteroatoms. The van der Waals surface area contributed by atoms with Crippen molar-refractivity contribution in [2.75, 3.05) is 11.9 Å². The van der Waals surface area contributed by atoms with Gasteiger partial charge in [0, 0.05) is 30.8 Å². The summed E-state index contributed by atoms with van der Waals surface area (Å²) in [5, 5.41) is 0. The maximum absolute atomic E-state index is 5.56. The van der Waals surface area contributed by atoms with Crippen LogP contribution in [0.4, 0.5) is 5.82 Å². The lowest BCUT2D eigenvalue weighted by molar-refractivity contribution is 0.892. The van der Waals surface area contributed by atoms with Crippen molar-refractivity contribution in [1.29, 1.82) is 0 Å². The highest BCUT2D eigenvalue weighted by molar-refractivity contribution is 9.10. The largest absolute Gasteiger partial charge is 0.355 e. The molecule has 0 radical (unpaired) electrons. The van der Waals surface area contributed by atoms with Gasteiger partial charge in [-0.15, -0.1) is 0 Å². The van der Waals surface area contributed by atoms with Crippen LogP contribution in [0.5, 0.6) is 0 Å². The van der Waals surface area contributed by atoms with Crippen LogP contribution in [0.25, 0.3) is 0 Å². The quantitative estimate of drug-likeness (QED) is 0.944. The highest BCUT2D eigenvalue weighted by Crippen LogP contribution is 2.16. The summed E-state index contributed by atoms with van der Waals surface area (Å²) in [7, 11) is 2.03. The zero-order valence-electron chi connectivity index (χ0n) is 10.3. The average Bonchev–Trinajstić information content (AvgIpc) is 2.39. The predicted octanol–water partition coefficient (Wildman–Crippen LogP) is 2.94. The molecule has 18 heavy (non-hydrogen) atoms. The summed E-state index contributed by atoms with van der Waals surface area (Å²) in [6, 6.07) is 12.3. The molecular weight excluding hydrogens is 290 g/mol. The van der Waals surface area contributed by atoms with E-state index >= 15 is 0 Å². The Morgan fingerprint density at radius 2 is 2.06 bits per heavy atom. The Morgan fingerprint density at radius 1 is 1.22 bits per heavy atom. The van der Waals surface area contributed by atoms with E-state index in [1.165, 1.54) is 5.56 Å². The number of nitrogens with zero attached hydrogens (tertiary/aromatic N) is 2. The number of benzene rings is 1. The van der Waals surface area contributed by atoms with Gasteiger partial charge in [-0.2, -0.15) is 0 Å². The molecule has 94 valence electrons. The highest BCUT2D eigenvalue weighted by atomic mass is 79.9. The van der Waals surface area contributed by atoms with Crippen LogP contribution in [0.2, 0.25) is 0 Å². The fourth-order valence-corrected chi connectivity index (χ4v) is 2.20. The lowest BCUT2D eigenvalue weighted by Gasteiger charge is -2.18. The summed E-state index contributed by atoms with van der Waals surface area (Å²) in [6.45, 7) is 1.36. The Labute approximate surface area is 116 Å². The van der Waals surface area contributed by atoms with Gasteiger partial charge in [-0.1, -0.05) is 34.1 Å². The van der Waals surface area contributed by atoms with Crippen LogP contribution in [-0.2, 0) is 13.1 Å². The van der Waals surface area contributed by atoms with E-state index in [2.05, 4.69) is 37.9 Å². The Bertz CT molecular complexity index is 511. The Kier molecular flexibility index (Phi) is 4.33. The van der Waals surface area contributed by atoms with E-state index < -0.39 is 0 Å². The summed E-state index contributed by atoms with van der Waals surface area (Å²) in [6.07, 6.45) is 1.83. The number of rotatable bonds is 4. The fraction of sp³-hybridized carbons (Fsp3) is 0.214. The zero-order valence-corrected chi connectivity index (χ0v) is 11.9. The van der Waals surface area contributed by atoms with Crippen LogP contribution in [0.15, 0.2) is 47.1 Å². The van der Waals surface area contributed by atoms with Crippen molar-refractivity contribution in [1.82, 2.24) is 4.98 Å². The first-order valence-electron chi connectivity index (χ1n) is 5.79. The van der Waals surface area contributed by atoms with Gasteiger partial charge < -0.3 is 10.6 Å². The second kappa shape index (κ2) is 5.98. The van der Waals surface area contributed by atoms with E-state index in [4.69, 9.17) is 5.73 Å². The van der Waals surface area contributed by atoms with Crippen molar-refractivity contribution in [2.45, 2.75) is 13.1 Å². The summed E-state index contributed by atoms with van der Waals surface area (Å²) in [4.78, 5) is 6.52. The third kappa shape index (κ3) is 3.31. The van der Waals surface area contributed by atoms with Crippen LogP contribution in [0.1, 0.15) is 11.1 Å². The first kappa shape index (κ1) is 13.1. The SMILES string of the molecule is CN(Cc1cccc(Br)c1)c1ccc(CN)cn1. The Morgan fingerprint density at radius 3 is 2.67 bits per heavy atom. The molecule has 0 fully saturated rings. The van der Waals surface area contributed by atoms with Gasteiger partial charge >= 0.3 is 0 Å². The first-order chi connectivity index (χ1) is 8.69. The molecule has 0 spiro atoms. The number of hydrogen-bond acceptors (Lipinski definition) is 3. The van der Waals surface area contributed by atoms with E-state index in [0.29, 0.717) is 6.54 Å². The smallest absolute Gasteiger partial charge is 0.128 e. The van der Waals surface area contributed by atoms with Crippen molar-refractivity contribution < 1.29 is 0 Å². The molecule has 0 atom stereocenters. The first-order valence-corrected chi connectivity index (χ1v) is 6.59. The lowest BCUT2D eigenvalue weighted by atomic mass is 10.2. The normalized spacial score (nSPS) is 10.4. The van der Waals surface area contributed by atoms with Crippen LogP contribution < -0.4 is 10.6 Å². The third-order valence-corrected chi connectivity index (χ3v) is 3.24. The van der Waals surface area contributed by atoms with Crippen LogP contribution in [-0.4, -0.2) is 12.0 Å². The van der Waals surface area contributed by atoms with Crippen LogP contribution in [0.3, 0.4) is 0 Å². The van der Waals surface area contributed by atoms with Crippen molar-refractivity contribution in [3.63, 3.8) is 0 Å². The Hall–Kier alpha value is -1.39. The van der Waals surface area contributed by atoms with Crippen molar-refractivity contribution in [3.8, 4) is 0 Å². The van der Waals surface area contributed by atoms with Gasteiger partial charge in [0.2, 0.25) is 0 Å². The predicted molar refractivity (Wildman–Crippen MR) is 78.4 cm³/mol. The van der Waals surface area contributed by atoms with Crippen molar-refractivity contribution in [3.05, 3.63) is 58.2 Å². The molecule has 2 N–H and O–H groups in total. The number of hydrogen-bond donors (Lipinski definition) is 1. The molecule has 0 aliphatic rings. The van der Waals surface area contributed by atoms with Gasteiger partial charge in [0.1, 0.15) is 5.82 Å². The van der Waals surface area contributed by atoms with Gasteiger partial charge in [-0.05, 0) is 29.3 Å². The molecule has 0 aliphatic carbocycles. The van der Waals surface area contributed by atoms with Crippen LogP contribution >= 0.6 is 15.9 Å². The van der Waals surface area contributed by atoms with Gasteiger partial charge in [0.05, 0.1) is 0 Å². The van der Waals surface area contributed by atoms with Gasteiger partial charge in [0.15, 0.2) is 0 Å². The van der Waals surface area contributed by atoms with Gasteiger partial charge in [-0.25, -0.2) is 4.98 Å². The maximum Gasteiger partial charge on any atom is 0.128 e. The molecule has 2 aromatic rings. The second-order valence-electron chi connectivity index (χ2n) is 4.21. The number of nitrogens with two attached hydrogens (primary N) is 1. The molecule has 1 aromatic carbocycles. The second-order valence-corrected chi connectivity index (χ2v) is 5.13. The third-order valence-electron chi connectivity index (χ3n) is 2.74. The summed E-state index contributed by atoms with van der Waals surface area (Å²) >= 11 is 3.48. The molecule has 1 heterocycles. The molecule has 0 saturated heterocycles. The van der Waals surface area contributed by atoms with E-state index in [0.717, 1.165) is 22.4 Å². The maximum atomic E-state index is 5.56. The number of pyridine rings is 1. The molecule has 0 saturated carbocycles. The van der Waals surface area contributed by atoms with Gasteiger partial charge in [0.25, 0.3) is 0 Å². The number of aromatic nitrogens is 1. The topological polar surface area (TPSA) is 42.1 Å². The minimum atomic E-state index is 0.530. The minimum absolute atomic E-state index is 0.530. The monoisotopic (exact) mass is 305 g/mol. The van der Waals surface area contributed by atoms with E-state index in [-0.39, 0.29) is 0 Å². The zero-order chi connectivity index (χ0) is 13.0. The molecule has 3 nitrogen and oxygen atoms in total. The van der Waals surface area contributed by atoms with E-state index in [1.807, 2.05) is 37.5 Å². The average molecular weight is 306 g/mol. The number of halogens is 1. The lowest BCUT2D eigenvalue weighted by Crippen LogP contribution is -2.17. The van der Waals surface area contributed by atoms with E-state index in [9.17, 15) is 0 Å². The van der Waals surface area contributed by atoms with Crippen LogP contribution in [0, 0.1) is 0 Å². The molecule has 2 rings (SSSR count). The molecule has 0 bridgehead atoms. The fourth-order valence-electron chi connectivity index (χ4n) is 1.75. The molecule has 0 unspecified atom stereocenters. The van der Waals surface area contributed by atoms with Crippen molar-refractivity contribution in [2.24, 2.45) is 5.73 Å². The minimum Gasteiger partial charge on any atom is -0.355 e. The molecule has 0 amide bonds. The van der Waals surface area contributed by atoms with Crippen molar-refractivity contribution >= 4 is 21.7 Å². The molecule has 1 aromatic heterocycles. The summed E-state index contributed by atoms with van der Waals surface area (Å²) < 4.78 is 1.10. The highest BCUT2D eigenvalue weighted by Gasteiger charge is 2.03. The number of anilines is 1. The molecular formula is C14H16BrN3. The summed E-state index contributed by atoms with van der Waals surface area (Å²) in [5.74, 6) is 0.951. The Balaban J connectivity index is 2.09. The standard InChI is InChI=1S/C14H16BrN3/c1-18(10-11-3-2-4-13(15)7-11)14-6-5-12(8-16)9-17-14/h2-7,9H,8,10,16H2,1H3. The van der Waals surface area contributed by atoms with E-state index in [1.54, 1.807) is 0 Å². The van der Waals surface area contributed by atoms with Gasteiger partial charge in [-0.3, -0.25) is 0 Å².